The molecule has 1 amide bonds. The summed E-state index contributed by atoms with van der Waals surface area (Å²) in [6, 6.07) is 11.6. The van der Waals surface area contributed by atoms with Crippen LogP contribution in [0.4, 0.5) is 0 Å². The first-order valence-electron chi connectivity index (χ1n) is 8.24. The fourth-order valence-corrected chi connectivity index (χ4v) is 4.11. The van der Waals surface area contributed by atoms with E-state index in [-0.39, 0.29) is 5.91 Å². The van der Waals surface area contributed by atoms with Crippen molar-refractivity contribution in [2.45, 2.75) is 31.6 Å². The van der Waals surface area contributed by atoms with E-state index >= 15 is 0 Å². The van der Waals surface area contributed by atoms with Gasteiger partial charge in [-0.25, -0.2) is 0 Å². The van der Waals surface area contributed by atoms with Crippen molar-refractivity contribution in [1.82, 2.24) is 20.1 Å². The predicted octanol–water partition coefficient (Wildman–Crippen LogP) is 4.01. The van der Waals surface area contributed by atoms with Crippen LogP contribution in [-0.4, -0.2) is 26.4 Å². The second-order valence-electron chi connectivity index (χ2n) is 5.59. The third-order valence-electron chi connectivity index (χ3n) is 3.76. The van der Waals surface area contributed by atoms with Gasteiger partial charge in [0.1, 0.15) is 5.82 Å². The molecule has 1 N–H and O–H groups in total. The van der Waals surface area contributed by atoms with Gasteiger partial charge in [-0.15, -0.1) is 21.5 Å². The van der Waals surface area contributed by atoms with Gasteiger partial charge in [-0.05, 0) is 36.1 Å². The summed E-state index contributed by atoms with van der Waals surface area (Å²) in [5.74, 6) is 1.21. The number of hydrogen-bond acceptors (Lipinski definition) is 5. The van der Waals surface area contributed by atoms with E-state index in [0.717, 1.165) is 29.5 Å². The fourth-order valence-electron chi connectivity index (χ4n) is 2.43. The minimum absolute atomic E-state index is 0.0320. The van der Waals surface area contributed by atoms with E-state index in [2.05, 4.69) is 38.5 Å². The van der Waals surface area contributed by atoms with Crippen molar-refractivity contribution in [3.8, 4) is 0 Å². The molecule has 2 aromatic heterocycles. The van der Waals surface area contributed by atoms with Gasteiger partial charge in [-0.3, -0.25) is 4.79 Å². The first kappa shape index (κ1) is 18.9. The fraction of sp³-hybridized carbons (Fsp3) is 0.278. The van der Waals surface area contributed by atoms with Gasteiger partial charge >= 0.3 is 0 Å². The molecule has 0 bridgehead atoms. The van der Waals surface area contributed by atoms with Crippen LogP contribution in [0.2, 0.25) is 5.02 Å². The van der Waals surface area contributed by atoms with E-state index in [1.54, 1.807) is 11.3 Å². The number of benzene rings is 1. The van der Waals surface area contributed by atoms with E-state index in [1.807, 2.05) is 30.3 Å². The van der Waals surface area contributed by atoms with Crippen LogP contribution in [0.1, 0.15) is 23.2 Å². The lowest BCUT2D eigenvalue weighted by molar-refractivity contribution is -0.118. The summed E-state index contributed by atoms with van der Waals surface area (Å²) >= 11 is 8.98. The summed E-state index contributed by atoms with van der Waals surface area (Å²) in [5, 5.41) is 15.0. The van der Waals surface area contributed by atoms with Gasteiger partial charge in [0.2, 0.25) is 5.91 Å². The predicted molar refractivity (Wildman–Crippen MR) is 107 cm³/mol. The molecule has 2 heterocycles. The molecule has 0 spiro atoms. The number of halogens is 1. The third kappa shape index (κ3) is 5.09. The summed E-state index contributed by atoms with van der Waals surface area (Å²) in [4.78, 5) is 13.4. The second kappa shape index (κ2) is 9.21. The van der Waals surface area contributed by atoms with Gasteiger partial charge in [0.05, 0.1) is 5.75 Å². The number of hydrogen-bond donors (Lipinski definition) is 1. The molecule has 0 aliphatic heterocycles. The molecule has 0 radical (unpaired) electrons. The standard InChI is InChI=1S/C18H19ClN4OS2/c1-2-23-16(10-15-4-3-9-25-15)21-22-18(23)26-12-17(24)20-11-13-5-7-14(19)8-6-13/h3-9H,2,10-12H2,1H3,(H,20,24). The normalized spacial score (nSPS) is 10.8. The van der Waals surface area contributed by atoms with E-state index in [1.165, 1.54) is 16.6 Å². The average Bonchev–Trinajstić information content (AvgIpc) is 3.29. The molecule has 136 valence electrons. The summed E-state index contributed by atoms with van der Waals surface area (Å²) < 4.78 is 2.07. The van der Waals surface area contributed by atoms with Crippen LogP contribution in [0.5, 0.6) is 0 Å². The molecule has 26 heavy (non-hydrogen) atoms. The van der Waals surface area contributed by atoms with Crippen molar-refractivity contribution in [2.24, 2.45) is 0 Å². The van der Waals surface area contributed by atoms with Crippen LogP contribution in [0.3, 0.4) is 0 Å². The summed E-state index contributed by atoms with van der Waals surface area (Å²) in [6.07, 6.45) is 0.766. The maximum atomic E-state index is 12.1. The molecule has 8 heteroatoms. The minimum atomic E-state index is -0.0320. The lowest BCUT2D eigenvalue weighted by Crippen LogP contribution is -2.24. The van der Waals surface area contributed by atoms with E-state index in [4.69, 9.17) is 11.6 Å². The summed E-state index contributed by atoms with van der Waals surface area (Å²) in [5.41, 5.74) is 1.02. The largest absolute Gasteiger partial charge is 0.351 e. The Kier molecular flexibility index (Phi) is 6.71. The molecule has 3 rings (SSSR count). The van der Waals surface area contributed by atoms with Gasteiger partial charge in [-0.2, -0.15) is 0 Å². The van der Waals surface area contributed by atoms with Gasteiger partial charge in [0.15, 0.2) is 5.16 Å². The monoisotopic (exact) mass is 406 g/mol. The quantitative estimate of drug-likeness (QED) is 0.574. The average molecular weight is 407 g/mol. The number of nitrogens with one attached hydrogen (secondary N) is 1. The van der Waals surface area contributed by atoms with Crippen LogP contribution in [0, 0.1) is 0 Å². The molecule has 0 fully saturated rings. The zero-order valence-electron chi connectivity index (χ0n) is 14.3. The van der Waals surface area contributed by atoms with E-state index < -0.39 is 0 Å². The lowest BCUT2D eigenvalue weighted by Gasteiger charge is -2.07. The lowest BCUT2D eigenvalue weighted by atomic mass is 10.2. The molecule has 0 unspecified atom stereocenters. The topological polar surface area (TPSA) is 59.8 Å². The van der Waals surface area contributed by atoms with Crippen molar-refractivity contribution in [3.63, 3.8) is 0 Å². The van der Waals surface area contributed by atoms with Gasteiger partial charge in [0.25, 0.3) is 0 Å². The van der Waals surface area contributed by atoms with Crippen LogP contribution in [0.15, 0.2) is 46.9 Å². The highest BCUT2D eigenvalue weighted by Crippen LogP contribution is 2.20. The van der Waals surface area contributed by atoms with Gasteiger partial charge in [0, 0.05) is 29.4 Å². The Hall–Kier alpha value is -1.83. The van der Waals surface area contributed by atoms with Crippen molar-refractivity contribution >= 4 is 40.6 Å². The molecule has 0 aliphatic rings. The Balaban J connectivity index is 1.53. The first-order valence-corrected chi connectivity index (χ1v) is 10.5. The number of nitrogens with zero attached hydrogens (tertiary/aromatic N) is 3. The molecule has 3 aromatic rings. The third-order valence-corrected chi connectivity index (χ3v) is 5.85. The highest BCUT2D eigenvalue weighted by molar-refractivity contribution is 7.99. The molecule has 0 atom stereocenters. The van der Waals surface area contributed by atoms with Crippen LogP contribution >= 0.6 is 34.7 Å². The van der Waals surface area contributed by atoms with Crippen LogP contribution < -0.4 is 5.32 Å². The summed E-state index contributed by atoms with van der Waals surface area (Å²) in [7, 11) is 0. The molecule has 0 aliphatic carbocycles. The van der Waals surface area contributed by atoms with Gasteiger partial charge in [-0.1, -0.05) is 41.6 Å². The number of rotatable bonds is 8. The molecule has 0 saturated heterocycles. The highest BCUT2D eigenvalue weighted by Gasteiger charge is 2.13. The van der Waals surface area contributed by atoms with Gasteiger partial charge < -0.3 is 9.88 Å². The Bertz CT molecular complexity index is 847. The molecular formula is C18H19ClN4OS2. The Morgan fingerprint density at radius 1 is 1.27 bits per heavy atom. The number of carbonyl (C=O) groups is 1. The highest BCUT2D eigenvalue weighted by atomic mass is 35.5. The summed E-state index contributed by atoms with van der Waals surface area (Å²) in [6.45, 7) is 3.33. The SMILES string of the molecule is CCn1c(Cc2cccs2)nnc1SCC(=O)NCc1ccc(Cl)cc1. The van der Waals surface area contributed by atoms with Crippen LogP contribution in [-0.2, 0) is 24.3 Å². The van der Waals surface area contributed by atoms with Crippen molar-refractivity contribution < 1.29 is 4.79 Å². The first-order chi connectivity index (χ1) is 12.7. The number of thiophene rings is 1. The maximum Gasteiger partial charge on any atom is 0.230 e. The molecule has 0 saturated carbocycles. The van der Waals surface area contributed by atoms with Crippen molar-refractivity contribution in [2.75, 3.05) is 5.75 Å². The van der Waals surface area contributed by atoms with Crippen LogP contribution in [0.25, 0.3) is 0 Å². The maximum absolute atomic E-state index is 12.1. The van der Waals surface area contributed by atoms with E-state index in [0.29, 0.717) is 17.3 Å². The van der Waals surface area contributed by atoms with Crippen molar-refractivity contribution in [1.29, 1.82) is 0 Å². The zero-order valence-corrected chi connectivity index (χ0v) is 16.7. The Morgan fingerprint density at radius 3 is 2.77 bits per heavy atom. The Morgan fingerprint density at radius 2 is 2.08 bits per heavy atom. The second-order valence-corrected chi connectivity index (χ2v) is 8.00. The Labute approximate surface area is 165 Å². The zero-order chi connectivity index (χ0) is 18.4. The smallest absolute Gasteiger partial charge is 0.230 e. The number of carbonyl (C=O) groups excluding carboxylic acids is 1. The van der Waals surface area contributed by atoms with E-state index in [9.17, 15) is 4.79 Å². The molecular weight excluding hydrogens is 388 g/mol. The molecule has 1 aromatic carbocycles. The minimum Gasteiger partial charge on any atom is -0.351 e. The number of thioether (sulfide) groups is 1. The number of amides is 1. The number of aromatic nitrogens is 3. The van der Waals surface area contributed by atoms with Crippen molar-refractivity contribution in [3.05, 3.63) is 63.1 Å². The molecule has 5 nitrogen and oxygen atoms in total.